The minimum Gasteiger partial charge on any atom is -0.289 e. The lowest BCUT2D eigenvalue weighted by Crippen LogP contribution is -2.47. The fourth-order valence-electron chi connectivity index (χ4n) is 3.72. The number of hydrazine groups is 1. The van der Waals surface area contributed by atoms with Gasteiger partial charge < -0.3 is 0 Å². The molecular weight excluding hydrogens is 409 g/mol. The van der Waals surface area contributed by atoms with Crippen molar-refractivity contribution < 1.29 is 13.2 Å². The number of nitrogens with one attached hydrogen (secondary N) is 1. The van der Waals surface area contributed by atoms with Gasteiger partial charge in [0.15, 0.2) is 0 Å². The molecule has 0 bridgehead atoms. The molecule has 6 nitrogen and oxygen atoms in total. The van der Waals surface area contributed by atoms with Gasteiger partial charge in [-0.1, -0.05) is 29.6 Å². The Bertz CT molecular complexity index is 782. The second-order valence-corrected chi connectivity index (χ2v) is 9.98. The topological polar surface area (TPSA) is 69.7 Å². The molecule has 1 aromatic rings. The van der Waals surface area contributed by atoms with Gasteiger partial charge in [-0.3, -0.25) is 10.2 Å². The van der Waals surface area contributed by atoms with Gasteiger partial charge in [0.05, 0.1) is 5.02 Å². The molecule has 3 rings (SSSR count). The highest BCUT2D eigenvalue weighted by molar-refractivity contribution is 7.89. The van der Waals surface area contributed by atoms with E-state index in [9.17, 15) is 13.2 Å². The van der Waals surface area contributed by atoms with E-state index in [0.29, 0.717) is 24.5 Å². The summed E-state index contributed by atoms with van der Waals surface area (Å²) >= 11 is 12.0. The van der Waals surface area contributed by atoms with E-state index in [1.807, 2.05) is 5.01 Å². The van der Waals surface area contributed by atoms with Crippen LogP contribution in [0.3, 0.4) is 0 Å². The third kappa shape index (κ3) is 5.35. The van der Waals surface area contributed by atoms with Crippen LogP contribution in [0.25, 0.3) is 0 Å². The molecule has 9 heteroatoms. The fraction of sp³-hybridized carbons (Fsp3) is 0.611. The van der Waals surface area contributed by atoms with Crippen LogP contribution in [0.4, 0.5) is 0 Å². The van der Waals surface area contributed by atoms with Crippen molar-refractivity contribution in [3.63, 3.8) is 0 Å². The van der Waals surface area contributed by atoms with Crippen molar-refractivity contribution in [3.05, 3.63) is 28.2 Å². The smallest absolute Gasteiger partial charge is 0.244 e. The van der Waals surface area contributed by atoms with E-state index >= 15 is 0 Å². The Kier molecular flexibility index (Phi) is 7.03. The van der Waals surface area contributed by atoms with Crippen LogP contribution in [0.5, 0.6) is 0 Å². The molecule has 0 aliphatic carbocycles. The summed E-state index contributed by atoms with van der Waals surface area (Å²) in [6, 6.07) is 4.43. The third-order valence-electron chi connectivity index (χ3n) is 5.11. The second kappa shape index (κ2) is 9.09. The van der Waals surface area contributed by atoms with Crippen molar-refractivity contribution in [2.24, 2.45) is 5.92 Å². The lowest BCUT2D eigenvalue weighted by Gasteiger charge is -2.33. The molecule has 2 aliphatic heterocycles. The van der Waals surface area contributed by atoms with E-state index in [1.165, 1.54) is 22.9 Å². The molecule has 0 radical (unpaired) electrons. The average Bonchev–Trinajstić information content (AvgIpc) is 2.64. The number of benzene rings is 1. The highest BCUT2D eigenvalue weighted by Crippen LogP contribution is 2.31. The van der Waals surface area contributed by atoms with Crippen LogP contribution >= 0.6 is 23.2 Å². The zero-order valence-corrected chi connectivity index (χ0v) is 17.5. The van der Waals surface area contributed by atoms with Crippen LogP contribution in [0.2, 0.25) is 10.0 Å². The van der Waals surface area contributed by atoms with Crippen LogP contribution < -0.4 is 5.43 Å². The number of rotatable bonds is 5. The number of amides is 1. The fourth-order valence-corrected chi connectivity index (χ4v) is 6.01. The summed E-state index contributed by atoms with van der Waals surface area (Å²) in [5.41, 5.74) is 2.96. The summed E-state index contributed by atoms with van der Waals surface area (Å²) in [4.78, 5) is 12.4. The van der Waals surface area contributed by atoms with Crippen molar-refractivity contribution in [1.82, 2.24) is 14.7 Å². The van der Waals surface area contributed by atoms with Crippen molar-refractivity contribution >= 4 is 39.1 Å². The lowest BCUT2D eigenvalue weighted by atomic mass is 9.96. The monoisotopic (exact) mass is 433 g/mol. The molecule has 150 valence electrons. The van der Waals surface area contributed by atoms with Crippen molar-refractivity contribution in [1.29, 1.82) is 0 Å². The number of halogens is 2. The number of hydrogen-bond donors (Lipinski definition) is 1. The lowest BCUT2D eigenvalue weighted by molar-refractivity contribution is -0.127. The first-order valence-electron chi connectivity index (χ1n) is 9.36. The summed E-state index contributed by atoms with van der Waals surface area (Å²) in [6.07, 6.45) is 5.27. The zero-order chi connectivity index (χ0) is 19.4. The normalized spacial score (nSPS) is 22.5. The molecule has 1 amide bonds. The first-order chi connectivity index (χ1) is 12.9. The number of piperidine rings is 2. The molecule has 1 N–H and O–H groups in total. The van der Waals surface area contributed by atoms with Gasteiger partial charge in [0, 0.05) is 37.6 Å². The van der Waals surface area contributed by atoms with Crippen LogP contribution in [0, 0.1) is 5.92 Å². The second-order valence-electron chi connectivity index (χ2n) is 7.23. The number of hydrogen-bond acceptors (Lipinski definition) is 4. The Morgan fingerprint density at radius 3 is 2.59 bits per heavy atom. The molecule has 0 aromatic heterocycles. The summed E-state index contributed by atoms with van der Waals surface area (Å²) in [5.74, 6) is -0.0433. The molecule has 2 aliphatic rings. The maximum Gasteiger partial charge on any atom is 0.244 e. The van der Waals surface area contributed by atoms with Gasteiger partial charge in [-0.15, -0.1) is 0 Å². The standard InChI is InChI=1S/C18H25Cl2N3O3S/c19-15-6-7-16(20)17(12-15)27(25,26)23-10-4-5-14(13-23)11-18(24)21-22-8-2-1-3-9-22/h6-7,12,14H,1-5,8-11,13H2,(H,21,24). The van der Waals surface area contributed by atoms with Gasteiger partial charge in [0.1, 0.15) is 4.90 Å². The number of nitrogens with zero attached hydrogens (tertiary/aromatic N) is 2. The number of carbonyl (C=O) groups excluding carboxylic acids is 1. The minimum absolute atomic E-state index is 0.00345. The maximum atomic E-state index is 13.0. The summed E-state index contributed by atoms with van der Waals surface area (Å²) in [6.45, 7) is 2.50. The highest BCUT2D eigenvalue weighted by atomic mass is 35.5. The maximum absolute atomic E-state index is 13.0. The van der Waals surface area contributed by atoms with E-state index < -0.39 is 10.0 Å². The van der Waals surface area contributed by atoms with Gasteiger partial charge >= 0.3 is 0 Å². The number of carbonyl (C=O) groups is 1. The van der Waals surface area contributed by atoms with Crippen LogP contribution in [-0.4, -0.2) is 49.8 Å². The third-order valence-corrected chi connectivity index (χ3v) is 7.69. The van der Waals surface area contributed by atoms with Crippen molar-refractivity contribution in [2.75, 3.05) is 26.2 Å². The zero-order valence-electron chi connectivity index (χ0n) is 15.2. The Labute approximate surface area is 170 Å². The minimum atomic E-state index is -3.74. The largest absolute Gasteiger partial charge is 0.289 e. The number of sulfonamides is 1. The van der Waals surface area contributed by atoms with Gasteiger partial charge in [0.2, 0.25) is 15.9 Å². The molecule has 2 saturated heterocycles. The van der Waals surface area contributed by atoms with Crippen LogP contribution in [0.1, 0.15) is 38.5 Å². The van der Waals surface area contributed by atoms with Gasteiger partial charge in [0.25, 0.3) is 0 Å². The van der Waals surface area contributed by atoms with Gasteiger partial charge in [-0.25, -0.2) is 13.4 Å². The molecule has 27 heavy (non-hydrogen) atoms. The quantitative estimate of drug-likeness (QED) is 0.772. The Morgan fingerprint density at radius 1 is 1.11 bits per heavy atom. The van der Waals surface area contributed by atoms with E-state index in [2.05, 4.69) is 5.43 Å². The van der Waals surface area contributed by atoms with E-state index in [1.54, 1.807) is 6.07 Å². The van der Waals surface area contributed by atoms with Gasteiger partial charge in [-0.05, 0) is 49.8 Å². The molecule has 2 heterocycles. The molecule has 1 unspecified atom stereocenters. The summed E-state index contributed by atoms with van der Waals surface area (Å²) in [7, 11) is -3.74. The molecule has 1 aromatic carbocycles. The Hall–Kier alpha value is -0.860. The van der Waals surface area contributed by atoms with Crippen LogP contribution in [0.15, 0.2) is 23.1 Å². The Morgan fingerprint density at radius 2 is 1.85 bits per heavy atom. The molecule has 2 fully saturated rings. The molecule has 0 saturated carbocycles. The average molecular weight is 434 g/mol. The van der Waals surface area contributed by atoms with Crippen molar-refractivity contribution in [2.45, 2.75) is 43.4 Å². The van der Waals surface area contributed by atoms with E-state index in [-0.39, 0.29) is 21.7 Å². The first kappa shape index (κ1) is 20.9. The predicted octanol–water partition coefficient (Wildman–Crippen LogP) is 3.30. The SMILES string of the molecule is O=C(CC1CCCN(S(=O)(=O)c2cc(Cl)ccc2Cl)C1)NN1CCCCC1. The van der Waals surface area contributed by atoms with Crippen molar-refractivity contribution in [3.8, 4) is 0 Å². The molecular formula is C18H25Cl2N3O3S. The molecule has 0 spiro atoms. The molecule has 1 atom stereocenters. The predicted molar refractivity (Wildman–Crippen MR) is 106 cm³/mol. The first-order valence-corrected chi connectivity index (χ1v) is 11.6. The highest BCUT2D eigenvalue weighted by Gasteiger charge is 2.32. The van der Waals surface area contributed by atoms with Crippen LogP contribution in [-0.2, 0) is 14.8 Å². The summed E-state index contributed by atoms with van der Waals surface area (Å²) < 4.78 is 27.4. The van der Waals surface area contributed by atoms with E-state index in [0.717, 1.165) is 38.8 Å². The van der Waals surface area contributed by atoms with Gasteiger partial charge in [-0.2, -0.15) is 4.31 Å². The summed E-state index contributed by atoms with van der Waals surface area (Å²) in [5, 5.41) is 2.45. The van der Waals surface area contributed by atoms with E-state index in [4.69, 9.17) is 23.2 Å². The Balaban J connectivity index is 1.63.